The summed E-state index contributed by atoms with van der Waals surface area (Å²) >= 11 is 0. The third-order valence-corrected chi connectivity index (χ3v) is 2.52. The predicted octanol–water partition coefficient (Wildman–Crippen LogP) is 2.46. The molecular formula is C14H19N5O. The molecule has 0 aromatic carbocycles. The van der Waals surface area contributed by atoms with E-state index in [1.54, 1.807) is 12.4 Å². The zero-order valence-electron chi connectivity index (χ0n) is 12.1. The highest BCUT2D eigenvalue weighted by Crippen LogP contribution is 2.18. The minimum Gasteiger partial charge on any atom is -0.463 e. The number of aromatic nitrogens is 4. The summed E-state index contributed by atoms with van der Waals surface area (Å²) in [5.41, 5.74) is 1.91. The molecule has 0 aliphatic carbocycles. The zero-order chi connectivity index (χ0) is 14.4. The van der Waals surface area contributed by atoms with E-state index in [0.717, 1.165) is 24.1 Å². The number of pyridine rings is 1. The summed E-state index contributed by atoms with van der Waals surface area (Å²) in [6.45, 7) is 7.34. The van der Waals surface area contributed by atoms with E-state index in [4.69, 9.17) is 4.74 Å². The summed E-state index contributed by atoms with van der Waals surface area (Å²) in [5.74, 6) is 1.09. The lowest BCUT2D eigenvalue weighted by Crippen LogP contribution is -2.08. The van der Waals surface area contributed by atoms with Crippen LogP contribution in [0.15, 0.2) is 18.5 Å². The number of nitrogens with one attached hydrogen (secondary N) is 1. The first-order valence-corrected chi connectivity index (χ1v) is 6.77. The largest absolute Gasteiger partial charge is 0.463 e. The van der Waals surface area contributed by atoms with Gasteiger partial charge in [-0.1, -0.05) is 6.92 Å². The first-order chi connectivity index (χ1) is 9.72. The molecule has 0 aliphatic rings. The summed E-state index contributed by atoms with van der Waals surface area (Å²) in [4.78, 5) is 17.1. The van der Waals surface area contributed by atoms with Crippen LogP contribution in [0.5, 0.6) is 6.01 Å². The number of ether oxygens (including phenoxy) is 1. The Kier molecular flexibility index (Phi) is 4.81. The van der Waals surface area contributed by atoms with Gasteiger partial charge in [0.05, 0.1) is 6.61 Å². The Hall–Kier alpha value is -2.24. The normalized spacial score (nSPS) is 10.3. The number of aryl methyl sites for hydroxylation is 1. The highest BCUT2D eigenvalue weighted by atomic mass is 16.5. The Morgan fingerprint density at radius 1 is 1.15 bits per heavy atom. The molecule has 2 aromatic rings. The third-order valence-electron chi connectivity index (χ3n) is 2.52. The van der Waals surface area contributed by atoms with Crippen molar-refractivity contribution >= 4 is 5.95 Å². The van der Waals surface area contributed by atoms with E-state index < -0.39 is 0 Å². The smallest absolute Gasteiger partial charge is 0.321 e. The molecule has 0 radical (unpaired) electrons. The summed E-state index contributed by atoms with van der Waals surface area (Å²) in [6.07, 6.45) is 4.44. The van der Waals surface area contributed by atoms with Gasteiger partial charge in [-0.15, -0.1) is 0 Å². The van der Waals surface area contributed by atoms with Crippen molar-refractivity contribution in [3.05, 3.63) is 24.0 Å². The van der Waals surface area contributed by atoms with Crippen molar-refractivity contribution in [2.45, 2.75) is 27.2 Å². The molecule has 0 amide bonds. The summed E-state index contributed by atoms with van der Waals surface area (Å²) in [5, 5.41) is 3.09. The molecule has 2 rings (SSSR count). The number of nitrogens with zero attached hydrogens (tertiary/aromatic N) is 4. The van der Waals surface area contributed by atoms with Crippen molar-refractivity contribution in [1.82, 2.24) is 19.9 Å². The van der Waals surface area contributed by atoms with Crippen molar-refractivity contribution in [2.75, 3.05) is 18.5 Å². The average Bonchev–Trinajstić information content (AvgIpc) is 2.45. The standard InChI is InChI=1S/C14H19N5O/c1-4-6-20-14-18-12(17-13(19-14)16-5-2)11-7-10(3)8-15-9-11/h7-9H,4-6H2,1-3H3,(H,16,17,18,19). The maximum atomic E-state index is 5.51. The van der Waals surface area contributed by atoms with E-state index in [0.29, 0.717) is 24.4 Å². The van der Waals surface area contributed by atoms with E-state index in [2.05, 4.69) is 25.3 Å². The fourth-order valence-electron chi connectivity index (χ4n) is 1.66. The SMILES string of the molecule is CCCOc1nc(NCC)nc(-c2cncc(C)c2)n1. The Bertz CT molecular complexity index is 573. The molecule has 0 saturated carbocycles. The molecule has 6 heteroatoms. The molecule has 6 nitrogen and oxygen atoms in total. The molecule has 2 heterocycles. The van der Waals surface area contributed by atoms with Crippen LogP contribution in [0.25, 0.3) is 11.4 Å². The Morgan fingerprint density at radius 2 is 2.00 bits per heavy atom. The number of hydrogen-bond acceptors (Lipinski definition) is 6. The third kappa shape index (κ3) is 3.63. The van der Waals surface area contributed by atoms with E-state index in [1.807, 2.05) is 26.8 Å². The van der Waals surface area contributed by atoms with E-state index >= 15 is 0 Å². The second-order valence-electron chi connectivity index (χ2n) is 4.39. The molecule has 20 heavy (non-hydrogen) atoms. The molecule has 0 spiro atoms. The van der Waals surface area contributed by atoms with Crippen LogP contribution in [0, 0.1) is 6.92 Å². The molecule has 0 saturated heterocycles. The van der Waals surface area contributed by atoms with Crippen LogP contribution in [0.2, 0.25) is 0 Å². The molecule has 0 fully saturated rings. The van der Waals surface area contributed by atoms with Crippen LogP contribution in [0.1, 0.15) is 25.8 Å². The van der Waals surface area contributed by atoms with Gasteiger partial charge in [-0.3, -0.25) is 4.98 Å². The van der Waals surface area contributed by atoms with Crippen molar-refractivity contribution in [3.63, 3.8) is 0 Å². The summed E-state index contributed by atoms with van der Waals surface area (Å²) in [6, 6.07) is 2.33. The van der Waals surface area contributed by atoms with Gasteiger partial charge in [-0.2, -0.15) is 15.0 Å². The molecule has 106 valence electrons. The summed E-state index contributed by atoms with van der Waals surface area (Å²) < 4.78 is 5.51. The maximum Gasteiger partial charge on any atom is 0.321 e. The number of anilines is 1. The molecule has 0 aliphatic heterocycles. The fraction of sp³-hybridized carbons (Fsp3) is 0.429. The van der Waals surface area contributed by atoms with Gasteiger partial charge in [-0.05, 0) is 31.9 Å². The fourth-order valence-corrected chi connectivity index (χ4v) is 1.66. The van der Waals surface area contributed by atoms with Crippen molar-refractivity contribution < 1.29 is 4.74 Å². The minimum absolute atomic E-state index is 0.342. The van der Waals surface area contributed by atoms with Crippen LogP contribution in [0.3, 0.4) is 0 Å². The molecular weight excluding hydrogens is 254 g/mol. The molecule has 0 unspecified atom stereocenters. The highest BCUT2D eigenvalue weighted by Gasteiger charge is 2.09. The van der Waals surface area contributed by atoms with E-state index in [9.17, 15) is 0 Å². The van der Waals surface area contributed by atoms with Gasteiger partial charge < -0.3 is 10.1 Å². The quantitative estimate of drug-likeness (QED) is 0.871. The van der Waals surface area contributed by atoms with Crippen molar-refractivity contribution in [1.29, 1.82) is 0 Å². The molecule has 0 bridgehead atoms. The zero-order valence-corrected chi connectivity index (χ0v) is 12.1. The van der Waals surface area contributed by atoms with Crippen molar-refractivity contribution in [2.24, 2.45) is 0 Å². The number of hydrogen-bond donors (Lipinski definition) is 1. The van der Waals surface area contributed by atoms with Gasteiger partial charge in [0.15, 0.2) is 5.82 Å². The predicted molar refractivity (Wildman–Crippen MR) is 77.7 cm³/mol. The Balaban J connectivity index is 2.37. The Morgan fingerprint density at radius 3 is 2.70 bits per heavy atom. The van der Waals surface area contributed by atoms with Gasteiger partial charge in [0, 0.05) is 24.5 Å². The van der Waals surface area contributed by atoms with Gasteiger partial charge in [0.1, 0.15) is 0 Å². The van der Waals surface area contributed by atoms with Gasteiger partial charge >= 0.3 is 6.01 Å². The van der Waals surface area contributed by atoms with Gasteiger partial charge in [0.25, 0.3) is 0 Å². The lowest BCUT2D eigenvalue weighted by atomic mass is 10.2. The Labute approximate surface area is 118 Å². The van der Waals surface area contributed by atoms with Crippen LogP contribution < -0.4 is 10.1 Å². The van der Waals surface area contributed by atoms with Crippen LogP contribution >= 0.6 is 0 Å². The van der Waals surface area contributed by atoms with Crippen LogP contribution in [0.4, 0.5) is 5.95 Å². The van der Waals surface area contributed by atoms with Gasteiger partial charge in [0.2, 0.25) is 5.95 Å². The van der Waals surface area contributed by atoms with Gasteiger partial charge in [-0.25, -0.2) is 0 Å². The number of rotatable bonds is 6. The highest BCUT2D eigenvalue weighted by molar-refractivity contribution is 5.56. The second kappa shape index (κ2) is 6.79. The second-order valence-corrected chi connectivity index (χ2v) is 4.39. The molecule has 0 atom stereocenters. The lowest BCUT2D eigenvalue weighted by Gasteiger charge is -2.08. The van der Waals surface area contributed by atoms with Crippen LogP contribution in [-0.4, -0.2) is 33.1 Å². The summed E-state index contributed by atoms with van der Waals surface area (Å²) in [7, 11) is 0. The van der Waals surface area contributed by atoms with Crippen LogP contribution in [-0.2, 0) is 0 Å². The minimum atomic E-state index is 0.342. The van der Waals surface area contributed by atoms with Crippen molar-refractivity contribution in [3.8, 4) is 17.4 Å². The maximum absolute atomic E-state index is 5.51. The monoisotopic (exact) mass is 273 g/mol. The van der Waals surface area contributed by atoms with E-state index in [1.165, 1.54) is 0 Å². The molecule has 2 aromatic heterocycles. The lowest BCUT2D eigenvalue weighted by molar-refractivity contribution is 0.292. The van der Waals surface area contributed by atoms with E-state index in [-0.39, 0.29) is 0 Å². The first kappa shape index (κ1) is 14.2. The topological polar surface area (TPSA) is 72.8 Å². The first-order valence-electron chi connectivity index (χ1n) is 6.77. The molecule has 1 N–H and O–H groups in total. The average molecular weight is 273 g/mol.